The minimum Gasteiger partial charge on any atom is -0.481 e. The fraction of sp³-hybridized carbons (Fsp3) is 0.429. The molecule has 1 aromatic rings. The number of hydrogen-bond donors (Lipinski definition) is 3. The van der Waals surface area contributed by atoms with Gasteiger partial charge in [-0.1, -0.05) is 30.4 Å². The van der Waals surface area contributed by atoms with Gasteiger partial charge in [-0.25, -0.2) is 0 Å². The third-order valence-corrected chi connectivity index (χ3v) is 8.16. The number of nitrogens with one attached hydrogen (secondary N) is 2. The topological polar surface area (TPSA) is 77.0 Å². The number of hydrogen-bond acceptors (Lipinski definition) is 5. The summed E-state index contributed by atoms with van der Waals surface area (Å²) < 4.78 is 0. The molecule has 0 radical (unpaired) electrons. The molecule has 1 aromatic carbocycles. The summed E-state index contributed by atoms with van der Waals surface area (Å²) in [5.41, 5.74) is 13.3. The first-order valence-electron chi connectivity index (χ1n) is 12.5. The molecule has 1 atom stereocenters. The molecule has 2 aliphatic carbocycles. The van der Waals surface area contributed by atoms with E-state index in [4.69, 9.17) is 10.2 Å². The van der Waals surface area contributed by atoms with Gasteiger partial charge >= 0.3 is 5.97 Å². The fourth-order valence-corrected chi connectivity index (χ4v) is 6.44. The van der Waals surface area contributed by atoms with Gasteiger partial charge < -0.3 is 15.3 Å². The Kier molecular flexibility index (Phi) is 5.41. The second-order valence-corrected chi connectivity index (χ2v) is 10.4. The Bertz CT molecular complexity index is 1180. The number of carboxylic acid groups (broad SMARTS) is 1. The molecule has 3 N–H and O–H groups in total. The minimum atomic E-state index is -0.659. The Labute approximate surface area is 200 Å². The zero-order valence-electron chi connectivity index (χ0n) is 19.7. The Balaban J connectivity index is 1.27. The molecule has 0 saturated heterocycles. The van der Waals surface area contributed by atoms with E-state index >= 15 is 0 Å². The maximum absolute atomic E-state index is 11.1. The maximum atomic E-state index is 11.1. The second kappa shape index (κ2) is 8.58. The van der Waals surface area contributed by atoms with Crippen molar-refractivity contribution in [1.82, 2.24) is 15.6 Å². The van der Waals surface area contributed by atoms with Gasteiger partial charge in [-0.05, 0) is 66.7 Å². The van der Waals surface area contributed by atoms with Crippen LogP contribution >= 0.6 is 0 Å². The van der Waals surface area contributed by atoms with Gasteiger partial charge in [-0.15, -0.1) is 0 Å². The molecule has 1 fully saturated rings. The lowest BCUT2D eigenvalue weighted by molar-refractivity contribution is -0.138. The highest BCUT2D eigenvalue weighted by Crippen LogP contribution is 2.41. The van der Waals surface area contributed by atoms with E-state index in [-0.39, 0.29) is 0 Å². The molecule has 0 amide bonds. The van der Waals surface area contributed by atoms with Crippen LogP contribution in [0.2, 0.25) is 0 Å². The Morgan fingerprint density at radius 3 is 2.88 bits per heavy atom. The lowest BCUT2D eigenvalue weighted by Crippen LogP contribution is -2.42. The minimum absolute atomic E-state index is 0.320. The number of likely N-dealkylation sites (N-methyl/N-ethyl adjacent to an activating group) is 1. The average molecular weight is 457 g/mol. The highest BCUT2D eigenvalue weighted by Gasteiger charge is 2.33. The number of carboxylic acids is 1. The maximum Gasteiger partial charge on any atom is 0.303 e. The number of fused-ring (bicyclic) bond motifs is 2. The van der Waals surface area contributed by atoms with Gasteiger partial charge in [0.2, 0.25) is 0 Å². The number of aliphatic carboxylic acids is 1. The number of rotatable bonds is 4. The monoisotopic (exact) mass is 456 g/mol. The van der Waals surface area contributed by atoms with Crippen LogP contribution in [0.1, 0.15) is 55.2 Å². The van der Waals surface area contributed by atoms with Gasteiger partial charge in [-0.3, -0.25) is 10.2 Å². The third kappa shape index (κ3) is 3.80. The van der Waals surface area contributed by atoms with E-state index in [1.165, 1.54) is 33.4 Å². The fourth-order valence-electron chi connectivity index (χ4n) is 6.44. The standard InChI is InChI=1S/C28H32N4O2/c1-32-15-22(20-11-12-29-25(14-20)18-7-5-17(6-8-18)13-26(33)34)28-23(16-32)21-4-2-3-19-9-10-24(27(19)21)30-31-28/h2-4,9-11,16-18,25,29,31H,5-8,12-15H2,1H3,(H,33,34). The van der Waals surface area contributed by atoms with E-state index in [9.17, 15) is 4.79 Å². The van der Waals surface area contributed by atoms with Crippen molar-refractivity contribution in [2.24, 2.45) is 16.9 Å². The predicted octanol–water partition coefficient (Wildman–Crippen LogP) is 4.13. The molecule has 1 unspecified atom stereocenters. The van der Waals surface area contributed by atoms with Gasteiger partial charge in [-0.2, -0.15) is 5.10 Å². The van der Waals surface area contributed by atoms with Crippen LogP contribution in [-0.2, 0) is 4.79 Å². The summed E-state index contributed by atoms with van der Waals surface area (Å²) in [6, 6.07) is 6.96. The van der Waals surface area contributed by atoms with E-state index in [2.05, 4.69) is 65.3 Å². The zero-order valence-corrected chi connectivity index (χ0v) is 19.7. The van der Waals surface area contributed by atoms with Crippen molar-refractivity contribution >= 4 is 23.3 Å². The number of benzene rings is 1. The summed E-state index contributed by atoms with van der Waals surface area (Å²) in [5.74, 6) is 0.298. The number of nitrogens with zero attached hydrogens (tertiary/aromatic N) is 2. The number of carbonyl (C=O) groups is 1. The van der Waals surface area contributed by atoms with E-state index in [1.54, 1.807) is 0 Å². The van der Waals surface area contributed by atoms with Crippen molar-refractivity contribution in [1.29, 1.82) is 0 Å². The van der Waals surface area contributed by atoms with Crippen LogP contribution < -0.4 is 10.7 Å². The summed E-state index contributed by atoms with van der Waals surface area (Å²) in [4.78, 5) is 13.4. The van der Waals surface area contributed by atoms with E-state index in [1.807, 2.05) is 0 Å². The zero-order chi connectivity index (χ0) is 23.2. The molecule has 176 valence electrons. The smallest absolute Gasteiger partial charge is 0.303 e. The van der Waals surface area contributed by atoms with E-state index < -0.39 is 5.97 Å². The number of allylic oxidation sites excluding steroid dienone is 2. The molecular weight excluding hydrogens is 424 g/mol. The molecule has 6 rings (SSSR count). The van der Waals surface area contributed by atoms with Gasteiger partial charge in [0.15, 0.2) is 0 Å². The van der Waals surface area contributed by atoms with Crippen molar-refractivity contribution in [2.45, 2.75) is 44.6 Å². The molecular formula is C28H32N4O2. The summed E-state index contributed by atoms with van der Waals surface area (Å²) in [7, 11) is 2.15. The summed E-state index contributed by atoms with van der Waals surface area (Å²) in [5, 5.41) is 17.7. The lowest BCUT2D eigenvalue weighted by Gasteiger charge is -2.38. The van der Waals surface area contributed by atoms with Crippen LogP contribution in [0.3, 0.4) is 0 Å². The SMILES string of the molecule is CN1C=C2C(=C(C3=CCNC(C4CCC(CC(=O)O)CC4)C3)C1)NN=C1C=Cc3cccc2c31. The molecule has 6 nitrogen and oxygen atoms in total. The number of hydrazone groups is 1. The molecule has 3 heterocycles. The lowest BCUT2D eigenvalue weighted by atomic mass is 9.74. The second-order valence-electron chi connectivity index (χ2n) is 10.4. The predicted molar refractivity (Wildman–Crippen MR) is 135 cm³/mol. The first-order valence-corrected chi connectivity index (χ1v) is 12.5. The van der Waals surface area contributed by atoms with Crippen LogP contribution in [0.25, 0.3) is 11.6 Å². The van der Waals surface area contributed by atoms with Crippen molar-refractivity contribution < 1.29 is 9.90 Å². The molecule has 5 aliphatic rings. The van der Waals surface area contributed by atoms with Crippen molar-refractivity contribution in [3.8, 4) is 0 Å². The molecule has 0 bridgehead atoms. The quantitative estimate of drug-likeness (QED) is 0.635. The first-order chi connectivity index (χ1) is 16.6. The molecule has 0 spiro atoms. The highest BCUT2D eigenvalue weighted by molar-refractivity contribution is 6.20. The Morgan fingerprint density at radius 1 is 1.21 bits per heavy atom. The first kappa shape index (κ1) is 21.4. The van der Waals surface area contributed by atoms with Gasteiger partial charge in [0.1, 0.15) is 0 Å². The highest BCUT2D eigenvalue weighted by atomic mass is 16.4. The van der Waals surface area contributed by atoms with Gasteiger partial charge in [0.05, 0.1) is 11.4 Å². The molecule has 0 aromatic heterocycles. The van der Waals surface area contributed by atoms with Crippen LogP contribution in [0.4, 0.5) is 0 Å². The van der Waals surface area contributed by atoms with Crippen molar-refractivity contribution in [3.63, 3.8) is 0 Å². The molecule has 6 heteroatoms. The third-order valence-electron chi connectivity index (χ3n) is 8.16. The van der Waals surface area contributed by atoms with Gasteiger partial charge in [0.25, 0.3) is 0 Å². The van der Waals surface area contributed by atoms with Crippen LogP contribution in [0.5, 0.6) is 0 Å². The van der Waals surface area contributed by atoms with Crippen LogP contribution in [-0.4, -0.2) is 47.9 Å². The molecule has 34 heavy (non-hydrogen) atoms. The molecule has 3 aliphatic heterocycles. The van der Waals surface area contributed by atoms with Crippen molar-refractivity contribution in [2.75, 3.05) is 20.1 Å². The summed E-state index contributed by atoms with van der Waals surface area (Å²) in [6.45, 7) is 1.75. The summed E-state index contributed by atoms with van der Waals surface area (Å²) in [6.07, 6.45) is 14.5. The van der Waals surface area contributed by atoms with Crippen LogP contribution in [0.15, 0.2) is 58.5 Å². The average Bonchev–Trinajstić information content (AvgIpc) is 3.19. The molecule has 1 saturated carbocycles. The Morgan fingerprint density at radius 2 is 2.06 bits per heavy atom. The van der Waals surface area contributed by atoms with E-state index in [0.717, 1.165) is 56.6 Å². The van der Waals surface area contributed by atoms with Crippen molar-refractivity contribution in [3.05, 3.63) is 70.1 Å². The van der Waals surface area contributed by atoms with Gasteiger partial charge in [0, 0.05) is 55.5 Å². The van der Waals surface area contributed by atoms with Crippen LogP contribution in [0, 0.1) is 11.8 Å². The summed E-state index contributed by atoms with van der Waals surface area (Å²) >= 11 is 0. The van der Waals surface area contributed by atoms with E-state index in [0.29, 0.717) is 24.3 Å². The Hall–Kier alpha value is -3.12. The normalized spacial score (nSPS) is 27.7. The largest absolute Gasteiger partial charge is 0.481 e.